The lowest BCUT2D eigenvalue weighted by Gasteiger charge is -2.44. The lowest BCUT2D eigenvalue weighted by Crippen LogP contribution is -2.38. The highest BCUT2D eigenvalue weighted by molar-refractivity contribution is 5.99. The molecule has 2 unspecified atom stereocenters. The molecule has 7 heteroatoms. The molecule has 4 fully saturated rings. The molecule has 2 atom stereocenters. The highest BCUT2D eigenvalue weighted by atomic mass is 16.5. The van der Waals surface area contributed by atoms with Gasteiger partial charge in [-0.3, -0.25) is 4.79 Å². The number of aromatic nitrogens is 1. The van der Waals surface area contributed by atoms with Gasteiger partial charge in [0.2, 0.25) is 11.8 Å². The van der Waals surface area contributed by atoms with E-state index in [0.717, 1.165) is 53.3 Å². The number of likely N-dealkylation sites (tertiary alicyclic amines) is 1. The van der Waals surface area contributed by atoms with Gasteiger partial charge < -0.3 is 18.8 Å². The Morgan fingerprint density at radius 2 is 1.64 bits per heavy atom. The maximum atomic E-state index is 13.4. The highest BCUT2D eigenvalue weighted by Gasteiger charge is 2.49. The molecule has 1 aliphatic heterocycles. The van der Waals surface area contributed by atoms with Gasteiger partial charge in [-0.05, 0) is 99.1 Å². The minimum Gasteiger partial charge on any atom is -0.493 e. The molecule has 2 aromatic carbocycles. The Morgan fingerprint density at radius 3 is 2.29 bits per heavy atom. The third kappa shape index (κ3) is 6.15. The number of amides is 1. The Labute approximate surface area is 247 Å². The van der Waals surface area contributed by atoms with Crippen molar-refractivity contribution in [2.45, 2.75) is 52.4 Å². The smallest absolute Gasteiger partial charge is 0.334 e. The lowest BCUT2D eigenvalue weighted by atomic mass is 9.60. The molecule has 42 heavy (non-hydrogen) atoms. The molecule has 220 valence electrons. The quantitative estimate of drug-likeness (QED) is 0.205. The Balaban J connectivity index is 1.06. The van der Waals surface area contributed by atoms with Crippen LogP contribution in [0.15, 0.2) is 64.6 Å². The fraction of sp³-hybridized carbons (Fsp3) is 0.457. The topological polar surface area (TPSA) is 81.9 Å². The second kappa shape index (κ2) is 12.6. The molecule has 2 bridgehead atoms. The van der Waals surface area contributed by atoms with E-state index < -0.39 is 5.97 Å². The Morgan fingerprint density at radius 1 is 0.976 bits per heavy atom. The molecule has 1 aromatic heterocycles. The molecular formula is C35H40N2O5. The van der Waals surface area contributed by atoms with Crippen molar-refractivity contribution in [3.05, 3.63) is 77.2 Å². The molecule has 0 N–H and O–H groups in total. The van der Waals surface area contributed by atoms with Crippen molar-refractivity contribution in [3.63, 3.8) is 0 Å². The van der Waals surface area contributed by atoms with Crippen LogP contribution in [0.3, 0.4) is 0 Å². The van der Waals surface area contributed by atoms with Gasteiger partial charge in [0, 0.05) is 30.6 Å². The fourth-order valence-electron chi connectivity index (χ4n) is 7.23. The zero-order valence-electron chi connectivity index (χ0n) is 24.6. The van der Waals surface area contributed by atoms with Gasteiger partial charge in [0.25, 0.3) is 0 Å². The summed E-state index contributed by atoms with van der Waals surface area (Å²) in [6, 6.07) is 17.4. The third-order valence-electron chi connectivity index (χ3n) is 9.41. The number of aryl methyl sites for hydroxylation is 1. The van der Waals surface area contributed by atoms with Gasteiger partial charge in [-0.2, -0.15) is 0 Å². The number of fused-ring (bicyclic) bond motifs is 2. The van der Waals surface area contributed by atoms with Crippen molar-refractivity contribution in [1.82, 2.24) is 9.88 Å². The van der Waals surface area contributed by atoms with E-state index in [1.807, 2.05) is 66.4 Å². The van der Waals surface area contributed by atoms with Crippen LogP contribution in [0.1, 0.15) is 56.0 Å². The fourth-order valence-corrected chi connectivity index (χ4v) is 7.23. The molecule has 3 saturated carbocycles. The normalized spacial score (nSPS) is 23.1. The molecule has 0 radical (unpaired) electrons. The number of rotatable bonds is 10. The number of ether oxygens (including phenoxy) is 2. The number of carbonyl (C=O) groups is 2. The van der Waals surface area contributed by atoms with Crippen LogP contribution in [0.2, 0.25) is 0 Å². The van der Waals surface area contributed by atoms with Crippen molar-refractivity contribution in [2.24, 2.45) is 23.7 Å². The number of esters is 1. The maximum absolute atomic E-state index is 13.4. The number of nitrogens with zero attached hydrogens (tertiary/aromatic N) is 2. The van der Waals surface area contributed by atoms with Crippen LogP contribution >= 0.6 is 0 Å². The van der Waals surface area contributed by atoms with Crippen LogP contribution < -0.4 is 4.74 Å². The SMILES string of the molecule is CCOC(=O)/C(=C/c1ccc(OCCc2nc(-c3ccccc3)oc2C)cc1)CC(=O)N1CC2C3CCC(CC3)C2C1. The van der Waals surface area contributed by atoms with Gasteiger partial charge in [0.1, 0.15) is 11.5 Å². The third-order valence-corrected chi connectivity index (χ3v) is 9.41. The first-order valence-corrected chi connectivity index (χ1v) is 15.4. The second-order valence-electron chi connectivity index (χ2n) is 11.9. The zero-order chi connectivity index (χ0) is 29.1. The summed E-state index contributed by atoms with van der Waals surface area (Å²) in [7, 11) is 0. The molecule has 7 rings (SSSR count). The van der Waals surface area contributed by atoms with Crippen molar-refractivity contribution in [2.75, 3.05) is 26.3 Å². The summed E-state index contributed by atoms with van der Waals surface area (Å²) in [5.41, 5.74) is 3.04. The van der Waals surface area contributed by atoms with Gasteiger partial charge in [-0.1, -0.05) is 30.3 Å². The molecule has 3 aliphatic carbocycles. The second-order valence-corrected chi connectivity index (χ2v) is 11.9. The van der Waals surface area contributed by atoms with Gasteiger partial charge in [0.05, 0.1) is 25.3 Å². The molecule has 1 saturated heterocycles. The molecule has 3 aromatic rings. The summed E-state index contributed by atoms with van der Waals surface area (Å²) in [5, 5.41) is 0. The minimum atomic E-state index is -0.430. The predicted molar refractivity (Wildman–Crippen MR) is 161 cm³/mol. The largest absolute Gasteiger partial charge is 0.493 e. The molecule has 2 heterocycles. The first kappa shape index (κ1) is 28.3. The summed E-state index contributed by atoms with van der Waals surface area (Å²) >= 11 is 0. The minimum absolute atomic E-state index is 0.0293. The zero-order valence-corrected chi connectivity index (χ0v) is 24.6. The summed E-state index contributed by atoms with van der Waals surface area (Å²) < 4.78 is 17.1. The molecule has 1 amide bonds. The number of hydrogen-bond donors (Lipinski definition) is 0. The summed E-state index contributed by atoms with van der Waals surface area (Å²) in [6.45, 7) is 6.11. The van der Waals surface area contributed by atoms with Gasteiger partial charge in [0.15, 0.2) is 0 Å². The van der Waals surface area contributed by atoms with Crippen LogP contribution in [0.25, 0.3) is 17.5 Å². The van der Waals surface area contributed by atoms with E-state index in [9.17, 15) is 9.59 Å². The van der Waals surface area contributed by atoms with E-state index in [-0.39, 0.29) is 18.9 Å². The van der Waals surface area contributed by atoms with E-state index in [4.69, 9.17) is 13.9 Å². The van der Waals surface area contributed by atoms with Crippen LogP contribution in [-0.4, -0.2) is 48.1 Å². The lowest BCUT2D eigenvalue weighted by molar-refractivity contribution is -0.140. The van der Waals surface area contributed by atoms with E-state index in [2.05, 4.69) is 4.98 Å². The summed E-state index contributed by atoms with van der Waals surface area (Å²) in [4.78, 5) is 32.9. The van der Waals surface area contributed by atoms with Crippen LogP contribution in [0, 0.1) is 30.6 Å². The first-order valence-electron chi connectivity index (χ1n) is 15.4. The van der Waals surface area contributed by atoms with Crippen LogP contribution in [-0.2, 0) is 20.7 Å². The van der Waals surface area contributed by atoms with Crippen LogP contribution in [0.5, 0.6) is 5.75 Å². The predicted octanol–water partition coefficient (Wildman–Crippen LogP) is 6.50. The van der Waals surface area contributed by atoms with Gasteiger partial charge in [-0.25, -0.2) is 9.78 Å². The average Bonchev–Trinajstić information content (AvgIpc) is 3.65. The Bertz CT molecular complexity index is 1400. The average molecular weight is 569 g/mol. The summed E-state index contributed by atoms with van der Waals surface area (Å²) in [6.07, 6.45) is 7.73. The molecule has 4 aliphatic rings. The van der Waals surface area contributed by atoms with Gasteiger partial charge >= 0.3 is 5.97 Å². The van der Waals surface area contributed by atoms with Crippen molar-refractivity contribution >= 4 is 18.0 Å². The van der Waals surface area contributed by atoms with E-state index in [0.29, 0.717) is 36.3 Å². The van der Waals surface area contributed by atoms with Gasteiger partial charge in [-0.15, -0.1) is 0 Å². The number of benzene rings is 2. The van der Waals surface area contributed by atoms with Crippen molar-refractivity contribution in [1.29, 1.82) is 0 Å². The standard InChI is InChI=1S/C35H40N2O5/c1-3-40-35(39)28(20-33(38)37-21-30-25-11-12-26(14-13-25)31(30)22-37)19-24-9-15-29(16-10-24)41-18-17-32-23(2)42-34(36-32)27-7-5-4-6-8-27/h4-10,15-16,19,25-26,30-31H,3,11-14,17-18,20-22H2,1-2H3/b28-19+. The van der Waals surface area contributed by atoms with Crippen LogP contribution in [0.4, 0.5) is 0 Å². The van der Waals surface area contributed by atoms with Crippen molar-refractivity contribution in [3.8, 4) is 17.2 Å². The summed E-state index contributed by atoms with van der Waals surface area (Å²) in [5.74, 6) is 4.55. The first-order chi connectivity index (χ1) is 20.5. The van der Waals surface area contributed by atoms with E-state index in [1.54, 1.807) is 13.0 Å². The number of oxazole rings is 1. The van der Waals surface area contributed by atoms with E-state index in [1.165, 1.54) is 25.7 Å². The molecule has 7 nitrogen and oxygen atoms in total. The monoisotopic (exact) mass is 568 g/mol. The Hall–Kier alpha value is -3.87. The van der Waals surface area contributed by atoms with E-state index >= 15 is 0 Å². The van der Waals surface area contributed by atoms with Crippen molar-refractivity contribution < 1.29 is 23.5 Å². The number of hydrogen-bond acceptors (Lipinski definition) is 6. The number of carbonyl (C=O) groups excluding carboxylic acids is 2. The maximum Gasteiger partial charge on any atom is 0.334 e. The molecular weight excluding hydrogens is 528 g/mol. The Kier molecular flexibility index (Phi) is 8.45. The highest BCUT2D eigenvalue weighted by Crippen LogP contribution is 2.51. The molecule has 0 spiro atoms.